The molecule has 0 spiro atoms. The van der Waals surface area contributed by atoms with Crippen molar-refractivity contribution in [3.05, 3.63) is 28.8 Å². The quantitative estimate of drug-likeness (QED) is 0.757. The zero-order valence-electron chi connectivity index (χ0n) is 11.7. The molecule has 0 fully saturated rings. The Bertz CT molecular complexity index is 498. The molecule has 0 radical (unpaired) electrons. The smallest absolute Gasteiger partial charge is 0.336 e. The molecule has 0 aliphatic rings. The number of aryl methyl sites for hydroxylation is 1. The number of hydrogen-bond acceptors (Lipinski definition) is 3. The number of benzene rings is 1. The Kier molecular flexibility index (Phi) is 5.06. The van der Waals surface area contributed by atoms with Crippen molar-refractivity contribution in [1.82, 2.24) is 5.32 Å². The third kappa shape index (κ3) is 3.79. The van der Waals surface area contributed by atoms with Gasteiger partial charge >= 0.3 is 5.97 Å². The first kappa shape index (κ1) is 15.2. The summed E-state index contributed by atoms with van der Waals surface area (Å²) in [5.41, 5.74) is 2.30. The van der Waals surface area contributed by atoms with Crippen molar-refractivity contribution < 1.29 is 14.7 Å². The highest BCUT2D eigenvalue weighted by Crippen LogP contribution is 2.20. The summed E-state index contributed by atoms with van der Waals surface area (Å²) in [5.74, 6) is -1.30. The van der Waals surface area contributed by atoms with Crippen LogP contribution in [0.5, 0.6) is 0 Å². The van der Waals surface area contributed by atoms with E-state index in [9.17, 15) is 9.59 Å². The maximum atomic E-state index is 11.9. The minimum absolute atomic E-state index is 0.131. The highest BCUT2D eigenvalue weighted by Gasteiger charge is 2.15. The molecule has 1 atom stereocenters. The normalized spacial score (nSPS) is 12.0. The van der Waals surface area contributed by atoms with E-state index in [0.717, 1.165) is 5.56 Å². The molecule has 5 nitrogen and oxygen atoms in total. The topological polar surface area (TPSA) is 78.4 Å². The summed E-state index contributed by atoms with van der Waals surface area (Å²) in [6, 6.07) is 3.28. The molecule has 1 rings (SSSR count). The molecule has 3 N–H and O–H groups in total. The van der Waals surface area contributed by atoms with Gasteiger partial charge in [0, 0.05) is 18.2 Å². The van der Waals surface area contributed by atoms with E-state index < -0.39 is 5.97 Å². The summed E-state index contributed by atoms with van der Waals surface area (Å²) in [6.45, 7) is 5.97. The lowest BCUT2D eigenvalue weighted by atomic mass is 10.0. The molecule has 0 heterocycles. The van der Waals surface area contributed by atoms with Gasteiger partial charge in [-0.25, -0.2) is 4.79 Å². The van der Waals surface area contributed by atoms with Crippen molar-refractivity contribution in [3.63, 3.8) is 0 Å². The van der Waals surface area contributed by atoms with Gasteiger partial charge in [-0.1, -0.05) is 6.92 Å². The lowest BCUT2D eigenvalue weighted by molar-refractivity contribution is -0.119. The Morgan fingerprint density at radius 3 is 2.47 bits per heavy atom. The van der Waals surface area contributed by atoms with E-state index >= 15 is 0 Å². The van der Waals surface area contributed by atoms with E-state index in [0.29, 0.717) is 17.8 Å². The molecule has 0 aliphatic heterocycles. The average molecular weight is 264 g/mol. The zero-order chi connectivity index (χ0) is 14.6. The fourth-order valence-electron chi connectivity index (χ4n) is 1.82. The van der Waals surface area contributed by atoms with Gasteiger partial charge in [0.1, 0.15) is 0 Å². The number of hydrogen-bond donors (Lipinski definition) is 3. The van der Waals surface area contributed by atoms with Crippen LogP contribution in [0.2, 0.25) is 0 Å². The molecule has 0 bridgehead atoms. The Morgan fingerprint density at radius 2 is 1.95 bits per heavy atom. The van der Waals surface area contributed by atoms with Crippen molar-refractivity contribution in [1.29, 1.82) is 0 Å². The first-order valence-electron chi connectivity index (χ1n) is 6.16. The van der Waals surface area contributed by atoms with Crippen LogP contribution in [-0.2, 0) is 4.79 Å². The van der Waals surface area contributed by atoms with E-state index in [-0.39, 0.29) is 17.4 Å². The molecule has 1 aromatic carbocycles. The van der Waals surface area contributed by atoms with Gasteiger partial charge in [0.25, 0.3) is 0 Å². The summed E-state index contributed by atoms with van der Waals surface area (Å²) in [7, 11) is 1.78. The van der Waals surface area contributed by atoms with Gasteiger partial charge in [0.15, 0.2) is 0 Å². The van der Waals surface area contributed by atoms with Gasteiger partial charge in [-0.15, -0.1) is 0 Å². The highest BCUT2D eigenvalue weighted by atomic mass is 16.4. The number of carbonyl (C=O) groups excluding carboxylic acids is 1. The molecule has 0 aliphatic carbocycles. The van der Waals surface area contributed by atoms with Crippen molar-refractivity contribution in [3.8, 4) is 0 Å². The highest BCUT2D eigenvalue weighted by molar-refractivity contribution is 5.96. The van der Waals surface area contributed by atoms with Crippen LogP contribution < -0.4 is 10.6 Å². The molecular formula is C14H20N2O3. The first-order valence-corrected chi connectivity index (χ1v) is 6.16. The number of carbonyl (C=O) groups is 2. The van der Waals surface area contributed by atoms with Crippen molar-refractivity contribution in [2.45, 2.75) is 20.8 Å². The summed E-state index contributed by atoms with van der Waals surface area (Å²) >= 11 is 0. The predicted octanol–water partition coefficient (Wildman–Crippen LogP) is 1.80. The van der Waals surface area contributed by atoms with E-state index in [2.05, 4.69) is 10.6 Å². The monoisotopic (exact) mass is 264 g/mol. The van der Waals surface area contributed by atoms with Crippen LogP contribution in [-0.4, -0.2) is 30.6 Å². The molecule has 1 aromatic rings. The molecular weight excluding hydrogens is 244 g/mol. The maximum Gasteiger partial charge on any atom is 0.336 e. The summed E-state index contributed by atoms with van der Waals surface area (Å²) < 4.78 is 0. The molecule has 104 valence electrons. The van der Waals surface area contributed by atoms with E-state index in [1.54, 1.807) is 20.0 Å². The van der Waals surface area contributed by atoms with Crippen LogP contribution in [0.25, 0.3) is 0 Å². The summed E-state index contributed by atoms with van der Waals surface area (Å²) in [5, 5.41) is 14.8. The van der Waals surface area contributed by atoms with E-state index in [1.807, 2.05) is 13.8 Å². The second-order valence-corrected chi connectivity index (χ2v) is 4.72. The molecule has 1 unspecified atom stereocenters. The Labute approximate surface area is 113 Å². The fraction of sp³-hybridized carbons (Fsp3) is 0.429. The van der Waals surface area contributed by atoms with Crippen LogP contribution in [0.4, 0.5) is 5.69 Å². The standard InChI is InChI=1S/C14H20N2O3/c1-8-5-11(6-12(10(8)3)14(18)19)16-13(17)9(2)7-15-4/h5-6,9,15H,7H2,1-4H3,(H,16,17)(H,18,19). The minimum Gasteiger partial charge on any atom is -0.478 e. The lowest BCUT2D eigenvalue weighted by Gasteiger charge is -2.14. The second-order valence-electron chi connectivity index (χ2n) is 4.72. The number of rotatable bonds is 5. The SMILES string of the molecule is CNCC(C)C(=O)Nc1cc(C)c(C)c(C(=O)O)c1. The largest absolute Gasteiger partial charge is 0.478 e. The third-order valence-corrected chi connectivity index (χ3v) is 3.12. The summed E-state index contributed by atoms with van der Waals surface area (Å²) in [6.07, 6.45) is 0. The van der Waals surface area contributed by atoms with Crippen molar-refractivity contribution in [2.24, 2.45) is 5.92 Å². The molecule has 0 saturated heterocycles. The number of anilines is 1. The number of carboxylic acids is 1. The van der Waals surface area contributed by atoms with E-state index in [1.165, 1.54) is 6.07 Å². The Hall–Kier alpha value is -1.88. The Balaban J connectivity index is 2.97. The predicted molar refractivity (Wildman–Crippen MR) is 74.6 cm³/mol. The average Bonchev–Trinajstić information content (AvgIpc) is 2.33. The third-order valence-electron chi connectivity index (χ3n) is 3.12. The van der Waals surface area contributed by atoms with Crippen molar-refractivity contribution >= 4 is 17.6 Å². The number of carboxylic acid groups (broad SMARTS) is 1. The minimum atomic E-state index is -0.986. The number of amides is 1. The van der Waals surface area contributed by atoms with Crippen LogP contribution in [0, 0.1) is 19.8 Å². The maximum absolute atomic E-state index is 11.9. The van der Waals surface area contributed by atoms with Gasteiger partial charge < -0.3 is 15.7 Å². The van der Waals surface area contributed by atoms with Crippen LogP contribution >= 0.6 is 0 Å². The first-order chi connectivity index (χ1) is 8.86. The van der Waals surface area contributed by atoms with Gasteiger partial charge in [-0.2, -0.15) is 0 Å². The molecule has 0 saturated carbocycles. The van der Waals surface area contributed by atoms with Gasteiger partial charge in [-0.05, 0) is 44.2 Å². The Morgan fingerprint density at radius 1 is 1.32 bits per heavy atom. The van der Waals surface area contributed by atoms with Gasteiger partial charge in [0.2, 0.25) is 5.91 Å². The van der Waals surface area contributed by atoms with Gasteiger partial charge in [-0.3, -0.25) is 4.79 Å². The molecule has 19 heavy (non-hydrogen) atoms. The molecule has 0 aromatic heterocycles. The molecule has 1 amide bonds. The van der Waals surface area contributed by atoms with Crippen molar-refractivity contribution in [2.75, 3.05) is 18.9 Å². The lowest BCUT2D eigenvalue weighted by Crippen LogP contribution is -2.28. The van der Waals surface area contributed by atoms with Crippen LogP contribution in [0.1, 0.15) is 28.4 Å². The van der Waals surface area contributed by atoms with E-state index in [4.69, 9.17) is 5.11 Å². The zero-order valence-corrected chi connectivity index (χ0v) is 11.7. The van der Waals surface area contributed by atoms with Gasteiger partial charge in [0.05, 0.1) is 5.56 Å². The summed E-state index contributed by atoms with van der Waals surface area (Å²) in [4.78, 5) is 23.0. The van der Waals surface area contributed by atoms with Crippen LogP contribution in [0.3, 0.4) is 0 Å². The fourth-order valence-corrected chi connectivity index (χ4v) is 1.82. The second kappa shape index (κ2) is 6.33. The molecule has 5 heteroatoms. The number of nitrogens with one attached hydrogen (secondary N) is 2. The number of aromatic carboxylic acids is 1. The van der Waals surface area contributed by atoms with Crippen LogP contribution in [0.15, 0.2) is 12.1 Å².